The number of rotatable bonds is 13. The van der Waals surface area contributed by atoms with Gasteiger partial charge in [0.1, 0.15) is 12.9 Å². The van der Waals surface area contributed by atoms with Gasteiger partial charge in [-0.1, -0.05) is 40.5 Å². The number of ether oxygens (including phenoxy) is 3. The fraction of sp³-hybridized carbons (Fsp3) is 0.941. The highest BCUT2D eigenvalue weighted by atomic mass is 16.7. The van der Waals surface area contributed by atoms with Crippen LogP contribution in [0, 0.1) is 17.8 Å². The molecule has 1 unspecified atom stereocenters. The number of carbonyl (C=O) groups excluding carboxylic acids is 1. The summed E-state index contributed by atoms with van der Waals surface area (Å²) >= 11 is 0. The minimum atomic E-state index is -0.366. The predicted octanol–water partition coefficient (Wildman–Crippen LogP) is 3.68. The second-order valence-electron chi connectivity index (χ2n) is 6.34. The SMILES string of the molecule is CCC(COC)CC(=O)[C@H](OCOC)[C@@H](C)CCC(C)C. The van der Waals surface area contributed by atoms with E-state index in [0.717, 1.165) is 19.3 Å². The van der Waals surface area contributed by atoms with E-state index in [1.807, 2.05) is 0 Å². The standard InChI is InChI=1S/C17H34O4/c1-7-15(11-19-5)10-16(18)17(21-12-20-6)14(4)9-8-13(2)3/h13-15,17H,7-12H2,1-6H3/t14-,15?,17+/m0/s1. The maximum Gasteiger partial charge on any atom is 0.162 e. The van der Waals surface area contributed by atoms with Crippen LogP contribution in [0.1, 0.15) is 53.4 Å². The van der Waals surface area contributed by atoms with Crippen LogP contribution in [0.5, 0.6) is 0 Å². The summed E-state index contributed by atoms with van der Waals surface area (Å²) in [4.78, 5) is 12.5. The molecule has 0 spiro atoms. The third-order valence-corrected chi connectivity index (χ3v) is 3.87. The van der Waals surface area contributed by atoms with Gasteiger partial charge in [-0.25, -0.2) is 0 Å². The normalized spacial score (nSPS) is 16.0. The molecule has 4 heteroatoms. The average Bonchev–Trinajstić information content (AvgIpc) is 2.44. The molecule has 0 aliphatic rings. The Bertz CT molecular complexity index is 266. The Balaban J connectivity index is 4.58. The number of carbonyl (C=O) groups is 1. The van der Waals surface area contributed by atoms with Crippen molar-refractivity contribution in [3.05, 3.63) is 0 Å². The Hall–Kier alpha value is -0.450. The van der Waals surface area contributed by atoms with Crippen molar-refractivity contribution in [2.24, 2.45) is 17.8 Å². The van der Waals surface area contributed by atoms with Crippen LogP contribution in [0.15, 0.2) is 0 Å². The Kier molecular flexibility index (Phi) is 11.9. The highest BCUT2D eigenvalue weighted by Gasteiger charge is 2.27. The number of ketones is 1. The van der Waals surface area contributed by atoms with Gasteiger partial charge in [0.05, 0.1) is 0 Å². The molecule has 0 aromatic heterocycles. The summed E-state index contributed by atoms with van der Waals surface area (Å²) in [6.45, 7) is 9.38. The predicted molar refractivity (Wildman–Crippen MR) is 85.3 cm³/mol. The largest absolute Gasteiger partial charge is 0.384 e. The first-order valence-electron chi connectivity index (χ1n) is 8.08. The Morgan fingerprint density at radius 2 is 1.71 bits per heavy atom. The molecule has 0 saturated heterocycles. The van der Waals surface area contributed by atoms with E-state index in [1.54, 1.807) is 14.2 Å². The van der Waals surface area contributed by atoms with Crippen molar-refractivity contribution in [1.82, 2.24) is 0 Å². The minimum absolute atomic E-state index is 0.170. The van der Waals surface area contributed by atoms with Gasteiger partial charge < -0.3 is 14.2 Å². The molecule has 126 valence electrons. The van der Waals surface area contributed by atoms with E-state index < -0.39 is 0 Å². The van der Waals surface area contributed by atoms with Crippen molar-refractivity contribution < 1.29 is 19.0 Å². The molecule has 0 heterocycles. The first-order valence-corrected chi connectivity index (χ1v) is 8.08. The summed E-state index contributed by atoms with van der Waals surface area (Å²) in [5.74, 6) is 1.30. The van der Waals surface area contributed by atoms with Gasteiger partial charge >= 0.3 is 0 Å². The van der Waals surface area contributed by atoms with Gasteiger partial charge in [-0.2, -0.15) is 0 Å². The first-order chi connectivity index (χ1) is 9.96. The van der Waals surface area contributed by atoms with Crippen LogP contribution in [-0.2, 0) is 19.0 Å². The topological polar surface area (TPSA) is 44.8 Å². The average molecular weight is 302 g/mol. The lowest BCUT2D eigenvalue weighted by Gasteiger charge is -2.25. The van der Waals surface area contributed by atoms with Crippen molar-refractivity contribution in [2.75, 3.05) is 27.6 Å². The van der Waals surface area contributed by atoms with Gasteiger partial charge in [0, 0.05) is 27.2 Å². The fourth-order valence-electron chi connectivity index (χ4n) is 2.42. The zero-order valence-electron chi connectivity index (χ0n) is 14.7. The smallest absolute Gasteiger partial charge is 0.162 e. The summed E-state index contributed by atoms with van der Waals surface area (Å²) in [6, 6.07) is 0. The van der Waals surface area contributed by atoms with Crippen LogP contribution in [0.4, 0.5) is 0 Å². The molecule has 0 amide bonds. The maximum atomic E-state index is 12.5. The molecule has 0 saturated carbocycles. The van der Waals surface area contributed by atoms with Crippen LogP contribution >= 0.6 is 0 Å². The Morgan fingerprint density at radius 3 is 2.19 bits per heavy atom. The van der Waals surface area contributed by atoms with E-state index in [2.05, 4.69) is 27.7 Å². The molecule has 0 N–H and O–H groups in total. The fourth-order valence-corrected chi connectivity index (χ4v) is 2.42. The second-order valence-corrected chi connectivity index (χ2v) is 6.34. The van der Waals surface area contributed by atoms with Crippen molar-refractivity contribution in [3.8, 4) is 0 Å². The van der Waals surface area contributed by atoms with E-state index in [4.69, 9.17) is 14.2 Å². The van der Waals surface area contributed by atoms with Gasteiger partial charge in [0.25, 0.3) is 0 Å². The monoisotopic (exact) mass is 302 g/mol. The lowest BCUT2D eigenvalue weighted by atomic mass is 9.88. The molecular weight excluding hydrogens is 268 g/mol. The van der Waals surface area contributed by atoms with Crippen LogP contribution in [0.3, 0.4) is 0 Å². The maximum absolute atomic E-state index is 12.5. The number of methoxy groups -OCH3 is 2. The number of Topliss-reactive ketones (excluding diaryl/α,β-unsaturated/α-hetero) is 1. The number of hydrogen-bond donors (Lipinski definition) is 0. The second kappa shape index (κ2) is 12.1. The third kappa shape index (κ3) is 9.22. The van der Waals surface area contributed by atoms with E-state index in [-0.39, 0.29) is 30.5 Å². The molecule has 0 rings (SSSR count). The van der Waals surface area contributed by atoms with Gasteiger partial charge in [0.2, 0.25) is 0 Å². The van der Waals surface area contributed by atoms with Crippen molar-refractivity contribution in [2.45, 2.75) is 59.5 Å². The Labute approximate surface area is 130 Å². The molecule has 0 fully saturated rings. The molecule has 0 bridgehead atoms. The lowest BCUT2D eigenvalue weighted by molar-refractivity contribution is -0.146. The number of hydrogen-bond acceptors (Lipinski definition) is 4. The molecular formula is C17H34O4. The zero-order chi connectivity index (χ0) is 16.3. The molecule has 21 heavy (non-hydrogen) atoms. The van der Waals surface area contributed by atoms with Crippen molar-refractivity contribution >= 4 is 5.78 Å². The summed E-state index contributed by atoms with van der Waals surface area (Å²) < 4.78 is 15.8. The van der Waals surface area contributed by atoms with Gasteiger partial charge in [0.15, 0.2) is 5.78 Å². The summed E-state index contributed by atoms with van der Waals surface area (Å²) in [5.41, 5.74) is 0. The molecule has 4 nitrogen and oxygen atoms in total. The van der Waals surface area contributed by atoms with Crippen LogP contribution in [-0.4, -0.2) is 39.5 Å². The zero-order valence-corrected chi connectivity index (χ0v) is 14.7. The molecule has 3 atom stereocenters. The quantitative estimate of drug-likeness (QED) is 0.487. The van der Waals surface area contributed by atoms with Crippen LogP contribution in [0.25, 0.3) is 0 Å². The molecule has 0 aliphatic heterocycles. The van der Waals surface area contributed by atoms with Gasteiger partial charge in [-0.15, -0.1) is 0 Å². The molecule has 0 aromatic carbocycles. The van der Waals surface area contributed by atoms with E-state index in [0.29, 0.717) is 18.9 Å². The lowest BCUT2D eigenvalue weighted by Crippen LogP contribution is -2.34. The Morgan fingerprint density at radius 1 is 1.05 bits per heavy atom. The molecule has 0 aliphatic carbocycles. The molecule has 0 radical (unpaired) electrons. The van der Waals surface area contributed by atoms with Gasteiger partial charge in [-0.3, -0.25) is 4.79 Å². The van der Waals surface area contributed by atoms with Crippen molar-refractivity contribution in [1.29, 1.82) is 0 Å². The third-order valence-electron chi connectivity index (χ3n) is 3.87. The summed E-state index contributed by atoms with van der Waals surface area (Å²) in [7, 11) is 3.26. The van der Waals surface area contributed by atoms with Crippen LogP contribution in [0.2, 0.25) is 0 Å². The van der Waals surface area contributed by atoms with Crippen LogP contribution < -0.4 is 0 Å². The highest BCUT2D eigenvalue weighted by molar-refractivity contribution is 5.83. The van der Waals surface area contributed by atoms with E-state index in [9.17, 15) is 4.79 Å². The molecule has 0 aromatic rings. The minimum Gasteiger partial charge on any atom is -0.384 e. The summed E-state index contributed by atoms with van der Waals surface area (Å²) in [5, 5.41) is 0. The first kappa shape index (κ1) is 20.6. The highest BCUT2D eigenvalue weighted by Crippen LogP contribution is 2.21. The van der Waals surface area contributed by atoms with Gasteiger partial charge in [-0.05, 0) is 24.2 Å². The summed E-state index contributed by atoms with van der Waals surface area (Å²) in [6.07, 6.45) is 3.20. The van der Waals surface area contributed by atoms with Crippen molar-refractivity contribution in [3.63, 3.8) is 0 Å². The van der Waals surface area contributed by atoms with E-state index in [1.165, 1.54) is 0 Å². The van der Waals surface area contributed by atoms with E-state index >= 15 is 0 Å².